The van der Waals surface area contributed by atoms with E-state index >= 15 is 0 Å². The molecule has 0 spiro atoms. The maximum Gasteiger partial charge on any atom is 0.331 e. The van der Waals surface area contributed by atoms with Gasteiger partial charge in [0.25, 0.3) is 0 Å². The van der Waals surface area contributed by atoms with Gasteiger partial charge in [-0.1, -0.05) is 19.3 Å². The van der Waals surface area contributed by atoms with Crippen molar-refractivity contribution in [1.82, 2.24) is 10.2 Å². The maximum atomic E-state index is 12.9. The molecule has 3 fully saturated rings. The Morgan fingerprint density at radius 3 is 2.59 bits per heavy atom. The molecule has 1 atom stereocenters. The molecule has 8 heteroatoms. The number of carbonyl (C=O) groups excluding carboxylic acids is 3. The van der Waals surface area contributed by atoms with E-state index in [1.165, 1.54) is 9.80 Å². The Labute approximate surface area is 160 Å². The number of nitrogens with one attached hydrogen (secondary N) is 2. The lowest BCUT2D eigenvalue weighted by Gasteiger charge is -2.37. The van der Waals surface area contributed by atoms with Crippen LogP contribution in [0, 0.1) is 5.92 Å². The first-order valence-electron chi connectivity index (χ1n) is 10.2. The van der Waals surface area contributed by atoms with Gasteiger partial charge in [0, 0.05) is 24.7 Å². The number of hydrogen-bond donors (Lipinski definition) is 2. The van der Waals surface area contributed by atoms with Gasteiger partial charge in [0.2, 0.25) is 11.8 Å². The van der Waals surface area contributed by atoms with Gasteiger partial charge in [-0.15, -0.1) is 0 Å². The van der Waals surface area contributed by atoms with E-state index in [-0.39, 0.29) is 6.04 Å². The van der Waals surface area contributed by atoms with Crippen molar-refractivity contribution >= 4 is 23.6 Å². The minimum atomic E-state index is -0.972. The summed E-state index contributed by atoms with van der Waals surface area (Å²) in [5.74, 6) is -1.92. The smallest absolute Gasteiger partial charge is 0.331 e. The van der Waals surface area contributed by atoms with Crippen LogP contribution in [0.3, 0.4) is 0 Å². The van der Waals surface area contributed by atoms with Crippen LogP contribution in [0.2, 0.25) is 0 Å². The summed E-state index contributed by atoms with van der Waals surface area (Å²) >= 11 is 0. The number of rotatable bonds is 6. The van der Waals surface area contributed by atoms with E-state index < -0.39 is 23.8 Å². The van der Waals surface area contributed by atoms with E-state index in [2.05, 4.69) is 10.3 Å². The number of nitrogens with zero attached hydrogens (tertiary/aromatic N) is 2. The van der Waals surface area contributed by atoms with Gasteiger partial charge < -0.3 is 9.64 Å². The highest BCUT2D eigenvalue weighted by molar-refractivity contribution is 6.27. The van der Waals surface area contributed by atoms with Crippen LogP contribution in [-0.4, -0.2) is 73.9 Å². The van der Waals surface area contributed by atoms with Gasteiger partial charge in [-0.05, 0) is 19.8 Å². The summed E-state index contributed by atoms with van der Waals surface area (Å²) in [7, 11) is 0. The quantitative estimate of drug-likeness (QED) is 0.379. The van der Waals surface area contributed by atoms with E-state index in [1.54, 1.807) is 6.92 Å². The van der Waals surface area contributed by atoms with Crippen LogP contribution in [0.25, 0.3) is 0 Å². The average molecular weight is 379 g/mol. The lowest BCUT2D eigenvalue weighted by molar-refractivity contribution is -0.908. The molecule has 2 heterocycles. The van der Waals surface area contributed by atoms with Gasteiger partial charge in [0.05, 0.1) is 19.8 Å². The molecular weight excluding hydrogens is 348 g/mol. The number of hydrogen-bond acceptors (Lipinski definition) is 5. The summed E-state index contributed by atoms with van der Waals surface area (Å²) in [6, 6.07) is -0.670. The first-order valence-corrected chi connectivity index (χ1v) is 10.2. The number of imide groups is 2. The molecule has 1 saturated carbocycles. The number of ether oxygens (including phenoxy) is 1. The highest BCUT2D eigenvalue weighted by atomic mass is 16.5. The molecule has 3 aliphatic rings. The molecule has 0 radical (unpaired) electrons. The first-order chi connectivity index (χ1) is 13.1. The second-order valence-corrected chi connectivity index (χ2v) is 7.72. The largest absolute Gasteiger partial charge is 0.370 e. The molecule has 2 N–H and O–H groups in total. The van der Waals surface area contributed by atoms with Crippen LogP contribution in [0.4, 0.5) is 4.79 Å². The summed E-state index contributed by atoms with van der Waals surface area (Å²) in [5.41, 5.74) is 0.503. The van der Waals surface area contributed by atoms with Crippen LogP contribution in [-0.2, 0) is 14.3 Å². The molecule has 4 amide bonds. The number of quaternary nitrogens is 1. The normalized spacial score (nSPS) is 26.4. The fourth-order valence-electron chi connectivity index (χ4n) is 4.23. The molecule has 27 heavy (non-hydrogen) atoms. The van der Waals surface area contributed by atoms with Gasteiger partial charge in [0.1, 0.15) is 13.1 Å². The summed E-state index contributed by atoms with van der Waals surface area (Å²) in [5, 5.41) is 2.36. The predicted molar refractivity (Wildman–Crippen MR) is 99.7 cm³/mol. The van der Waals surface area contributed by atoms with Crippen molar-refractivity contribution in [3.63, 3.8) is 0 Å². The standard InChI is InChI=1S/C19H30N4O4/c1-14(20-8-5-9-22-10-12-27-13-11-22)16-17(24)21-19(26)23(18(16)25)15-6-3-2-4-7-15/h15-16H,2-13H2,1H3,(H,21,24,26)/p+1. The third-order valence-corrected chi connectivity index (χ3v) is 5.80. The molecule has 150 valence electrons. The Morgan fingerprint density at radius 1 is 1.19 bits per heavy atom. The fraction of sp³-hybridized carbons (Fsp3) is 0.789. The Bertz CT molecular complexity index is 595. The summed E-state index contributed by atoms with van der Waals surface area (Å²) in [6.45, 7) is 6.97. The number of amides is 4. The van der Waals surface area contributed by atoms with Crippen LogP contribution in [0.1, 0.15) is 45.4 Å². The van der Waals surface area contributed by atoms with Crippen molar-refractivity contribution in [3.8, 4) is 0 Å². The van der Waals surface area contributed by atoms with Gasteiger partial charge in [-0.2, -0.15) is 0 Å². The van der Waals surface area contributed by atoms with E-state index in [0.29, 0.717) is 12.3 Å². The van der Waals surface area contributed by atoms with E-state index in [1.807, 2.05) is 0 Å². The molecule has 0 aromatic carbocycles. The Morgan fingerprint density at radius 2 is 1.89 bits per heavy atom. The van der Waals surface area contributed by atoms with E-state index in [9.17, 15) is 14.4 Å². The fourth-order valence-corrected chi connectivity index (χ4v) is 4.23. The first kappa shape index (κ1) is 19.9. The molecule has 8 nitrogen and oxygen atoms in total. The molecule has 0 aromatic heterocycles. The minimum absolute atomic E-state index is 0.0976. The van der Waals surface area contributed by atoms with Crippen molar-refractivity contribution < 1.29 is 24.0 Å². The molecular formula is C19H31N4O4+. The Balaban J connectivity index is 1.57. The molecule has 1 unspecified atom stereocenters. The Kier molecular flexibility index (Phi) is 6.95. The number of carbonyl (C=O) groups is 3. The summed E-state index contributed by atoms with van der Waals surface area (Å²) in [6.07, 6.45) is 5.69. The van der Waals surface area contributed by atoms with Crippen molar-refractivity contribution in [3.05, 3.63) is 0 Å². The molecule has 3 rings (SSSR count). The highest BCUT2D eigenvalue weighted by Gasteiger charge is 2.44. The van der Waals surface area contributed by atoms with Gasteiger partial charge in [-0.3, -0.25) is 24.8 Å². The zero-order valence-corrected chi connectivity index (χ0v) is 16.2. The van der Waals surface area contributed by atoms with Crippen LogP contribution in [0.15, 0.2) is 4.99 Å². The van der Waals surface area contributed by atoms with Gasteiger partial charge in [0.15, 0.2) is 5.92 Å². The minimum Gasteiger partial charge on any atom is -0.370 e. The number of urea groups is 1. The number of aliphatic imine (C=N–C) groups is 1. The molecule has 0 bridgehead atoms. The number of morpholine rings is 1. The van der Waals surface area contributed by atoms with Gasteiger partial charge in [-0.25, -0.2) is 4.79 Å². The van der Waals surface area contributed by atoms with E-state index in [0.717, 1.165) is 71.4 Å². The van der Waals surface area contributed by atoms with Crippen LogP contribution < -0.4 is 10.2 Å². The molecule has 1 aliphatic carbocycles. The topological polar surface area (TPSA) is 92.5 Å². The van der Waals surface area contributed by atoms with Crippen molar-refractivity contribution in [2.24, 2.45) is 10.9 Å². The molecule has 2 aliphatic heterocycles. The van der Waals surface area contributed by atoms with Gasteiger partial charge >= 0.3 is 6.03 Å². The molecule has 2 saturated heterocycles. The number of barbiturate groups is 1. The lowest BCUT2D eigenvalue weighted by Crippen LogP contribution is -3.14. The molecule has 0 aromatic rings. The lowest BCUT2D eigenvalue weighted by atomic mass is 9.91. The predicted octanol–water partition coefficient (Wildman–Crippen LogP) is -0.220. The third kappa shape index (κ3) is 4.93. The van der Waals surface area contributed by atoms with Crippen molar-refractivity contribution in [2.75, 3.05) is 39.4 Å². The van der Waals surface area contributed by atoms with E-state index in [4.69, 9.17) is 4.74 Å². The summed E-state index contributed by atoms with van der Waals surface area (Å²) < 4.78 is 5.35. The Hall–Kier alpha value is -1.80. The second kappa shape index (κ2) is 9.41. The zero-order valence-electron chi connectivity index (χ0n) is 16.2. The summed E-state index contributed by atoms with van der Waals surface area (Å²) in [4.78, 5) is 44.7. The zero-order chi connectivity index (χ0) is 19.2. The van der Waals surface area contributed by atoms with Crippen molar-refractivity contribution in [1.29, 1.82) is 0 Å². The van der Waals surface area contributed by atoms with Crippen LogP contribution in [0.5, 0.6) is 0 Å². The van der Waals surface area contributed by atoms with Crippen LogP contribution >= 0.6 is 0 Å². The van der Waals surface area contributed by atoms with Crippen molar-refractivity contribution in [2.45, 2.75) is 51.5 Å². The highest BCUT2D eigenvalue weighted by Crippen LogP contribution is 2.26. The monoisotopic (exact) mass is 379 g/mol. The SMILES string of the molecule is CC(=NCCC[NH+]1CCOCC1)C1C(=O)NC(=O)N(C2CCCCC2)C1=O. The second-order valence-electron chi connectivity index (χ2n) is 7.72. The average Bonchev–Trinajstić information content (AvgIpc) is 2.66. The maximum absolute atomic E-state index is 12.9. The third-order valence-electron chi connectivity index (χ3n) is 5.80.